The van der Waals surface area contributed by atoms with E-state index in [4.69, 9.17) is 11.2 Å². The minimum Gasteiger partial charge on any atom is -0.442 e. The molecule has 0 aromatic heterocycles. The molecule has 2 N–H and O–H groups in total. The molecule has 0 bridgehead atoms. The Morgan fingerprint density at radius 3 is 2.65 bits per heavy atom. The number of aryl methyl sites for hydroxylation is 2. The summed E-state index contributed by atoms with van der Waals surface area (Å²) in [6.45, 7) is 5.72. The third-order valence-corrected chi connectivity index (χ3v) is 3.77. The number of hydrogen-bond donors (Lipinski definition) is 2. The second-order valence-corrected chi connectivity index (χ2v) is 5.62. The van der Waals surface area contributed by atoms with Crippen molar-refractivity contribution in [3.63, 3.8) is 0 Å². The van der Waals surface area contributed by atoms with Crippen molar-refractivity contribution in [2.24, 2.45) is 0 Å². The van der Waals surface area contributed by atoms with E-state index in [0.717, 1.165) is 11.1 Å². The van der Waals surface area contributed by atoms with Crippen molar-refractivity contribution in [3.8, 4) is 12.3 Å². The predicted octanol–water partition coefficient (Wildman–Crippen LogP) is 1.43. The van der Waals surface area contributed by atoms with E-state index in [9.17, 15) is 14.7 Å². The number of ether oxygens (including phenoxy) is 1. The van der Waals surface area contributed by atoms with Crippen LogP contribution in [0.15, 0.2) is 12.1 Å². The zero-order chi connectivity index (χ0) is 17.1. The van der Waals surface area contributed by atoms with E-state index in [1.54, 1.807) is 12.1 Å². The lowest BCUT2D eigenvalue weighted by atomic mass is 9.97. The van der Waals surface area contributed by atoms with Crippen LogP contribution in [-0.2, 0) is 9.53 Å². The lowest BCUT2D eigenvalue weighted by Gasteiger charge is -2.18. The molecule has 0 aliphatic carbocycles. The highest BCUT2D eigenvalue weighted by atomic mass is 16.6. The van der Waals surface area contributed by atoms with Crippen molar-refractivity contribution in [1.29, 1.82) is 0 Å². The molecular weight excluding hydrogens is 296 g/mol. The summed E-state index contributed by atoms with van der Waals surface area (Å²) in [6.07, 6.45) is 3.47. The summed E-state index contributed by atoms with van der Waals surface area (Å²) in [7, 11) is 0. The van der Waals surface area contributed by atoms with Gasteiger partial charge in [-0.05, 0) is 42.7 Å². The highest BCUT2D eigenvalue weighted by Gasteiger charge is 2.32. The van der Waals surface area contributed by atoms with E-state index < -0.39 is 12.2 Å². The van der Waals surface area contributed by atoms with Gasteiger partial charge >= 0.3 is 6.09 Å². The molecule has 1 aromatic rings. The number of anilines is 1. The minimum absolute atomic E-state index is 0.168. The summed E-state index contributed by atoms with van der Waals surface area (Å²) in [4.78, 5) is 24.5. The van der Waals surface area contributed by atoms with Gasteiger partial charge in [-0.3, -0.25) is 9.69 Å². The fourth-order valence-corrected chi connectivity index (χ4v) is 2.72. The van der Waals surface area contributed by atoms with Crippen LogP contribution >= 0.6 is 0 Å². The molecule has 2 unspecified atom stereocenters. The van der Waals surface area contributed by atoms with Crippen LogP contribution in [0.25, 0.3) is 0 Å². The number of rotatable bonds is 4. The number of carbonyl (C=O) groups is 2. The first-order valence-corrected chi connectivity index (χ1v) is 7.31. The van der Waals surface area contributed by atoms with Crippen LogP contribution in [0.5, 0.6) is 0 Å². The minimum atomic E-state index is -0.970. The van der Waals surface area contributed by atoms with Gasteiger partial charge in [0.2, 0.25) is 5.91 Å². The number of hydrogen-bond acceptors (Lipinski definition) is 4. The van der Waals surface area contributed by atoms with Crippen LogP contribution in [0, 0.1) is 26.2 Å². The zero-order valence-electron chi connectivity index (χ0n) is 13.4. The number of aliphatic hydroxyl groups excluding tert-OH is 1. The van der Waals surface area contributed by atoms with Crippen molar-refractivity contribution >= 4 is 17.7 Å². The maximum Gasteiger partial charge on any atom is 0.414 e. The highest BCUT2D eigenvalue weighted by molar-refractivity contribution is 5.90. The molecule has 6 nitrogen and oxygen atoms in total. The molecule has 2 amide bonds. The molecule has 0 radical (unpaired) electrons. The Bertz CT molecular complexity index is 655. The molecule has 23 heavy (non-hydrogen) atoms. The molecule has 1 aliphatic rings. The van der Waals surface area contributed by atoms with Gasteiger partial charge in [-0.1, -0.05) is 5.92 Å². The largest absolute Gasteiger partial charge is 0.442 e. The number of aliphatic hydroxyl groups is 1. The van der Waals surface area contributed by atoms with E-state index >= 15 is 0 Å². The number of carbonyl (C=O) groups excluding carboxylic acids is 2. The van der Waals surface area contributed by atoms with Gasteiger partial charge in [-0.25, -0.2) is 4.79 Å². The van der Waals surface area contributed by atoms with Crippen LogP contribution < -0.4 is 10.2 Å². The first kappa shape index (κ1) is 16.8. The van der Waals surface area contributed by atoms with Gasteiger partial charge in [0.05, 0.1) is 13.1 Å². The van der Waals surface area contributed by atoms with Gasteiger partial charge in [-0.15, -0.1) is 6.42 Å². The fraction of sp³-hybridized carbons (Fsp3) is 0.412. The molecule has 1 heterocycles. The number of amides is 2. The average Bonchev–Trinajstić information content (AvgIpc) is 2.85. The lowest BCUT2D eigenvalue weighted by molar-refractivity contribution is -0.119. The standard InChI is InChI=1S/C17H20N2O4/c1-5-15(21)16-10(2)6-13(7-11(16)3)19-9-14(23-17(19)22)8-18-12(4)20/h1,6-7,14-15,21H,8-9H2,2-4H3,(H,18,20). The Hall–Kier alpha value is -2.52. The van der Waals surface area contributed by atoms with Crippen LogP contribution in [-0.4, -0.2) is 36.3 Å². The molecule has 1 aromatic carbocycles. The van der Waals surface area contributed by atoms with Crippen molar-refractivity contribution in [2.45, 2.75) is 33.0 Å². The number of cyclic esters (lactones) is 1. The summed E-state index contributed by atoms with van der Waals surface area (Å²) in [5.74, 6) is 2.14. The molecule has 0 saturated carbocycles. The summed E-state index contributed by atoms with van der Waals surface area (Å²) in [5, 5.41) is 12.5. The normalized spacial score (nSPS) is 18.3. The summed E-state index contributed by atoms with van der Waals surface area (Å²) in [5.41, 5.74) is 2.98. The number of nitrogens with one attached hydrogen (secondary N) is 1. The Morgan fingerprint density at radius 2 is 2.13 bits per heavy atom. The highest BCUT2D eigenvalue weighted by Crippen LogP contribution is 2.29. The molecule has 122 valence electrons. The third-order valence-electron chi connectivity index (χ3n) is 3.77. The van der Waals surface area contributed by atoms with Gasteiger partial charge in [0, 0.05) is 12.6 Å². The maximum absolute atomic E-state index is 12.0. The quantitative estimate of drug-likeness (QED) is 0.824. The Morgan fingerprint density at radius 1 is 1.52 bits per heavy atom. The van der Waals surface area contributed by atoms with Gasteiger partial charge in [0.25, 0.3) is 0 Å². The van der Waals surface area contributed by atoms with Crippen molar-refractivity contribution in [1.82, 2.24) is 5.32 Å². The Labute approximate surface area is 135 Å². The van der Waals surface area contributed by atoms with E-state index in [1.165, 1.54) is 11.8 Å². The molecule has 2 atom stereocenters. The van der Waals surface area contributed by atoms with Crippen molar-refractivity contribution in [3.05, 3.63) is 28.8 Å². The second kappa shape index (κ2) is 6.71. The Balaban J connectivity index is 2.21. The van der Waals surface area contributed by atoms with E-state index in [2.05, 4.69) is 11.2 Å². The summed E-state index contributed by atoms with van der Waals surface area (Å²) >= 11 is 0. The number of benzene rings is 1. The van der Waals surface area contributed by atoms with Gasteiger partial charge in [-0.2, -0.15) is 0 Å². The van der Waals surface area contributed by atoms with Gasteiger partial charge in [0.15, 0.2) is 0 Å². The molecule has 1 fully saturated rings. The first-order chi connectivity index (χ1) is 10.8. The third kappa shape index (κ3) is 3.63. The second-order valence-electron chi connectivity index (χ2n) is 5.62. The molecule has 1 aliphatic heterocycles. The van der Waals surface area contributed by atoms with Crippen LogP contribution in [0.3, 0.4) is 0 Å². The summed E-state index contributed by atoms with van der Waals surface area (Å²) in [6, 6.07) is 3.59. The van der Waals surface area contributed by atoms with E-state index in [0.29, 0.717) is 17.8 Å². The van der Waals surface area contributed by atoms with Gasteiger partial charge in [0.1, 0.15) is 12.2 Å². The fourth-order valence-electron chi connectivity index (χ4n) is 2.72. The maximum atomic E-state index is 12.0. The lowest BCUT2D eigenvalue weighted by Crippen LogP contribution is -2.33. The Kier molecular flexibility index (Phi) is 4.92. The number of nitrogens with zero attached hydrogens (tertiary/aromatic N) is 1. The molecule has 2 rings (SSSR count). The monoisotopic (exact) mass is 316 g/mol. The number of terminal acetylenes is 1. The van der Waals surface area contributed by atoms with Crippen LogP contribution in [0.1, 0.15) is 29.7 Å². The van der Waals surface area contributed by atoms with Gasteiger partial charge < -0.3 is 15.2 Å². The van der Waals surface area contributed by atoms with Crippen molar-refractivity contribution < 1.29 is 19.4 Å². The summed E-state index contributed by atoms with van der Waals surface area (Å²) < 4.78 is 5.25. The van der Waals surface area contributed by atoms with Crippen molar-refractivity contribution in [2.75, 3.05) is 18.0 Å². The smallest absolute Gasteiger partial charge is 0.414 e. The average molecular weight is 316 g/mol. The predicted molar refractivity (Wildman–Crippen MR) is 86.0 cm³/mol. The van der Waals surface area contributed by atoms with Crippen LogP contribution in [0.4, 0.5) is 10.5 Å². The van der Waals surface area contributed by atoms with E-state index in [-0.39, 0.29) is 18.6 Å². The molecular formula is C17H20N2O4. The molecule has 6 heteroatoms. The van der Waals surface area contributed by atoms with Crippen LogP contribution in [0.2, 0.25) is 0 Å². The first-order valence-electron chi connectivity index (χ1n) is 7.31. The SMILES string of the molecule is C#CC(O)c1c(C)cc(N2CC(CNC(C)=O)OC2=O)cc1C. The van der Waals surface area contributed by atoms with E-state index in [1.807, 2.05) is 13.8 Å². The molecule has 1 saturated heterocycles. The zero-order valence-corrected chi connectivity index (χ0v) is 13.4. The molecule has 0 spiro atoms. The topological polar surface area (TPSA) is 78.9 Å².